The van der Waals surface area contributed by atoms with Crippen LogP contribution in [0.25, 0.3) is 11.0 Å². The Labute approximate surface area is 196 Å². The lowest BCUT2D eigenvalue weighted by atomic mass is 9.83. The number of likely N-dealkylation sites (tertiary alicyclic amines) is 1. The maximum absolute atomic E-state index is 14.9. The lowest BCUT2D eigenvalue weighted by Crippen LogP contribution is -2.47. The average Bonchev–Trinajstić information content (AvgIpc) is 3.17. The number of nitrogens with zero attached hydrogens (tertiary/aromatic N) is 4. The topological polar surface area (TPSA) is 81.5 Å². The third kappa shape index (κ3) is 3.73. The van der Waals surface area contributed by atoms with Crippen molar-refractivity contribution in [3.8, 4) is 11.5 Å². The van der Waals surface area contributed by atoms with Crippen LogP contribution in [0.4, 0.5) is 4.39 Å². The summed E-state index contributed by atoms with van der Waals surface area (Å²) in [5.41, 5.74) is 2.33. The molecule has 1 saturated heterocycles. The molecule has 3 aliphatic rings. The Morgan fingerprint density at radius 2 is 1.94 bits per heavy atom. The zero-order valence-electron chi connectivity index (χ0n) is 19.2. The molecule has 9 heteroatoms. The van der Waals surface area contributed by atoms with E-state index in [0.29, 0.717) is 61.2 Å². The number of pyridine rings is 3. The summed E-state index contributed by atoms with van der Waals surface area (Å²) >= 11 is 0. The zero-order chi connectivity index (χ0) is 23.3. The normalized spacial score (nSPS) is 22.4. The third-order valence-corrected chi connectivity index (χ3v) is 7.28. The predicted octanol–water partition coefficient (Wildman–Crippen LogP) is 2.23. The van der Waals surface area contributed by atoms with Gasteiger partial charge in [-0.2, -0.15) is 0 Å². The Morgan fingerprint density at radius 1 is 1.15 bits per heavy atom. The van der Waals surface area contributed by atoms with Gasteiger partial charge in [0.25, 0.3) is 5.56 Å². The molecule has 0 spiro atoms. The number of hydrogen-bond acceptors (Lipinski definition) is 7. The van der Waals surface area contributed by atoms with Gasteiger partial charge in [-0.1, -0.05) is 6.92 Å². The van der Waals surface area contributed by atoms with E-state index in [0.717, 1.165) is 37.4 Å². The first-order valence-corrected chi connectivity index (χ1v) is 11.9. The van der Waals surface area contributed by atoms with Crippen LogP contribution in [0.15, 0.2) is 35.4 Å². The van der Waals surface area contributed by atoms with Crippen LogP contribution in [0.5, 0.6) is 11.5 Å². The molecule has 178 valence electrons. The molecule has 6 heterocycles. The smallest absolute Gasteiger partial charge is 0.251 e. The Kier molecular flexibility index (Phi) is 5.26. The van der Waals surface area contributed by atoms with Crippen molar-refractivity contribution >= 4 is 11.0 Å². The minimum Gasteiger partial charge on any atom is -0.486 e. The van der Waals surface area contributed by atoms with Gasteiger partial charge in [0.15, 0.2) is 11.5 Å². The number of halogens is 1. The Hall–Kier alpha value is -3.04. The van der Waals surface area contributed by atoms with Crippen LogP contribution in [-0.4, -0.2) is 58.3 Å². The molecule has 0 unspecified atom stereocenters. The van der Waals surface area contributed by atoms with Crippen molar-refractivity contribution in [2.24, 2.45) is 0 Å². The fourth-order valence-electron chi connectivity index (χ4n) is 5.65. The molecule has 0 radical (unpaired) electrons. The van der Waals surface area contributed by atoms with E-state index >= 15 is 0 Å². The second-order valence-electron chi connectivity index (χ2n) is 9.78. The van der Waals surface area contributed by atoms with Crippen LogP contribution in [0.2, 0.25) is 0 Å². The number of nitrogens with one attached hydrogen (secondary N) is 1. The molecule has 0 aromatic carbocycles. The number of aromatic nitrogens is 3. The van der Waals surface area contributed by atoms with E-state index in [1.54, 1.807) is 16.8 Å². The predicted molar refractivity (Wildman–Crippen MR) is 125 cm³/mol. The van der Waals surface area contributed by atoms with Gasteiger partial charge in [0.2, 0.25) is 0 Å². The highest BCUT2D eigenvalue weighted by atomic mass is 19.1. The highest BCUT2D eigenvalue weighted by molar-refractivity contribution is 5.81. The minimum atomic E-state index is -0.464. The fourth-order valence-corrected chi connectivity index (χ4v) is 5.65. The molecule has 1 fully saturated rings. The highest BCUT2D eigenvalue weighted by Gasteiger charge is 2.41. The molecule has 0 aliphatic carbocycles. The maximum Gasteiger partial charge on any atom is 0.251 e. The first kappa shape index (κ1) is 21.5. The molecule has 3 aromatic heterocycles. The summed E-state index contributed by atoms with van der Waals surface area (Å²) in [6, 6.07) is 5.56. The van der Waals surface area contributed by atoms with Crippen LogP contribution in [-0.2, 0) is 18.5 Å². The first-order valence-electron chi connectivity index (χ1n) is 11.9. The second kappa shape index (κ2) is 8.32. The molecule has 34 heavy (non-hydrogen) atoms. The summed E-state index contributed by atoms with van der Waals surface area (Å²) in [6.45, 7) is 6.90. The van der Waals surface area contributed by atoms with Gasteiger partial charge in [-0.3, -0.25) is 14.8 Å². The Balaban J connectivity index is 1.09. The number of piperidine rings is 1. The van der Waals surface area contributed by atoms with Crippen molar-refractivity contribution in [2.75, 3.05) is 32.8 Å². The minimum absolute atomic E-state index is 0.0967. The van der Waals surface area contributed by atoms with Crippen molar-refractivity contribution in [1.82, 2.24) is 24.8 Å². The molecule has 0 saturated carbocycles. The summed E-state index contributed by atoms with van der Waals surface area (Å²) in [4.78, 5) is 23.5. The summed E-state index contributed by atoms with van der Waals surface area (Å²) in [7, 11) is 0. The summed E-state index contributed by atoms with van der Waals surface area (Å²) in [6.07, 6.45) is 5.02. The van der Waals surface area contributed by atoms with Gasteiger partial charge < -0.3 is 24.3 Å². The molecule has 0 amide bonds. The maximum atomic E-state index is 14.9. The van der Waals surface area contributed by atoms with Gasteiger partial charge in [0, 0.05) is 48.8 Å². The van der Waals surface area contributed by atoms with Gasteiger partial charge in [0.05, 0.1) is 29.1 Å². The van der Waals surface area contributed by atoms with Crippen LogP contribution in [0.1, 0.15) is 31.0 Å². The molecule has 1 atom stereocenters. The number of rotatable bonds is 5. The second-order valence-corrected chi connectivity index (χ2v) is 9.78. The van der Waals surface area contributed by atoms with E-state index in [1.807, 2.05) is 6.07 Å². The van der Waals surface area contributed by atoms with E-state index in [4.69, 9.17) is 9.47 Å². The van der Waals surface area contributed by atoms with Crippen molar-refractivity contribution in [3.63, 3.8) is 0 Å². The van der Waals surface area contributed by atoms with Crippen molar-refractivity contribution < 1.29 is 13.9 Å². The fraction of sp³-hybridized carbons (Fsp3) is 0.480. The largest absolute Gasteiger partial charge is 0.486 e. The standard InChI is InChI=1S/C25H28FN5O3/c1-25(15-31-22(32)3-2-19-24(31)23(25)18(26)12-29-19)14-30-6-4-16(5-7-30)27-11-17-10-20-21(13-28-17)34-9-8-33-20/h2-3,10,12-13,16,27H,4-9,11,14-15H2,1H3/t25-/m1/s1. The van der Waals surface area contributed by atoms with Crippen LogP contribution in [0, 0.1) is 5.82 Å². The lowest BCUT2D eigenvalue weighted by Gasteiger charge is -2.37. The quantitative estimate of drug-likeness (QED) is 0.619. The molecular formula is C25H28FN5O3. The molecular weight excluding hydrogens is 437 g/mol. The average molecular weight is 466 g/mol. The number of hydrogen-bond donors (Lipinski definition) is 1. The molecule has 6 rings (SSSR count). The SMILES string of the molecule is C[C@@]1(CN2CCC(NCc3cc4c(cn3)OCCO4)CC2)Cn2c(=O)ccc3ncc(F)c1c32. The highest BCUT2D eigenvalue weighted by Crippen LogP contribution is 2.39. The van der Waals surface area contributed by atoms with Crippen LogP contribution < -0.4 is 20.3 Å². The lowest BCUT2D eigenvalue weighted by molar-refractivity contribution is 0.155. The third-order valence-electron chi connectivity index (χ3n) is 7.28. The summed E-state index contributed by atoms with van der Waals surface area (Å²) in [5, 5.41) is 3.62. The Morgan fingerprint density at radius 3 is 2.76 bits per heavy atom. The van der Waals surface area contributed by atoms with Crippen molar-refractivity contribution in [2.45, 2.75) is 44.3 Å². The van der Waals surface area contributed by atoms with Gasteiger partial charge in [-0.15, -0.1) is 0 Å². The first-order chi connectivity index (χ1) is 16.5. The van der Waals surface area contributed by atoms with Gasteiger partial charge in [-0.05, 0) is 32.0 Å². The van der Waals surface area contributed by atoms with E-state index < -0.39 is 5.41 Å². The van der Waals surface area contributed by atoms with Gasteiger partial charge in [-0.25, -0.2) is 4.39 Å². The van der Waals surface area contributed by atoms with E-state index in [9.17, 15) is 9.18 Å². The number of fused-ring (bicyclic) bond motifs is 1. The van der Waals surface area contributed by atoms with E-state index in [1.165, 1.54) is 12.3 Å². The van der Waals surface area contributed by atoms with E-state index in [2.05, 4.69) is 27.1 Å². The summed E-state index contributed by atoms with van der Waals surface area (Å²) in [5.74, 6) is 1.14. The number of ether oxygens (including phenoxy) is 2. The Bertz CT molecular complexity index is 1300. The van der Waals surface area contributed by atoms with Crippen molar-refractivity contribution in [1.29, 1.82) is 0 Å². The summed E-state index contributed by atoms with van der Waals surface area (Å²) < 4.78 is 27.8. The monoisotopic (exact) mass is 465 g/mol. The van der Waals surface area contributed by atoms with Crippen LogP contribution >= 0.6 is 0 Å². The molecule has 1 N–H and O–H groups in total. The molecule has 3 aromatic rings. The van der Waals surface area contributed by atoms with Crippen molar-refractivity contribution in [3.05, 3.63) is 58.0 Å². The zero-order valence-corrected chi connectivity index (χ0v) is 19.2. The molecule has 0 bridgehead atoms. The molecule has 8 nitrogen and oxygen atoms in total. The van der Waals surface area contributed by atoms with Crippen LogP contribution in [0.3, 0.4) is 0 Å². The van der Waals surface area contributed by atoms with E-state index in [-0.39, 0.29) is 11.4 Å². The van der Waals surface area contributed by atoms with Gasteiger partial charge in [0.1, 0.15) is 19.0 Å². The van der Waals surface area contributed by atoms with Gasteiger partial charge >= 0.3 is 0 Å². The molecule has 3 aliphatic heterocycles.